The number of piperazine rings is 1. The van der Waals surface area contributed by atoms with E-state index in [4.69, 9.17) is 0 Å². The molecule has 1 amide bonds. The predicted octanol–water partition coefficient (Wildman–Crippen LogP) is 1.88. The lowest BCUT2D eigenvalue weighted by molar-refractivity contribution is -0.134. The normalized spacial score (nSPS) is 24.3. The van der Waals surface area contributed by atoms with Crippen LogP contribution in [0.15, 0.2) is 23.1 Å². The van der Waals surface area contributed by atoms with Crippen molar-refractivity contribution >= 4 is 15.9 Å². The van der Waals surface area contributed by atoms with Gasteiger partial charge >= 0.3 is 0 Å². The van der Waals surface area contributed by atoms with Crippen LogP contribution in [0, 0.1) is 0 Å². The summed E-state index contributed by atoms with van der Waals surface area (Å²) in [4.78, 5) is 17.2. The number of carbonyl (C=O) groups is 1. The Labute approximate surface area is 168 Å². The van der Waals surface area contributed by atoms with Crippen LogP contribution in [0.3, 0.4) is 0 Å². The minimum Gasteiger partial charge on any atom is -0.339 e. The van der Waals surface area contributed by atoms with Gasteiger partial charge in [0, 0.05) is 32.2 Å². The predicted molar refractivity (Wildman–Crippen MR) is 109 cm³/mol. The number of sulfonamides is 1. The van der Waals surface area contributed by atoms with E-state index in [1.165, 1.54) is 21.9 Å². The Morgan fingerprint density at radius 3 is 2.50 bits per heavy atom. The number of hydrogen-bond acceptors (Lipinski definition) is 4. The standard InChI is InChI=1S/C21H31N3O3S/c1-17-5-2-3-10-23(17)16-21(25)22-11-13-24(14-12-22)28(26,27)20-9-8-18-6-4-7-19(18)15-20/h8-9,15,17H,2-7,10-14,16H2,1H3/t17-/m0/s1. The summed E-state index contributed by atoms with van der Waals surface area (Å²) in [5, 5.41) is 0. The van der Waals surface area contributed by atoms with Gasteiger partial charge in [-0.15, -0.1) is 0 Å². The average Bonchev–Trinajstić information content (AvgIpc) is 3.17. The molecule has 0 bridgehead atoms. The summed E-state index contributed by atoms with van der Waals surface area (Å²) >= 11 is 0. The van der Waals surface area contributed by atoms with Gasteiger partial charge in [0.2, 0.25) is 15.9 Å². The Kier molecular flexibility index (Phi) is 5.76. The molecular formula is C21H31N3O3S. The van der Waals surface area contributed by atoms with Gasteiger partial charge in [0.25, 0.3) is 0 Å². The van der Waals surface area contributed by atoms with Crippen molar-refractivity contribution in [2.75, 3.05) is 39.3 Å². The first-order chi connectivity index (χ1) is 13.4. The summed E-state index contributed by atoms with van der Waals surface area (Å²) in [6.07, 6.45) is 6.67. The molecule has 0 radical (unpaired) electrons. The molecule has 154 valence electrons. The molecule has 0 saturated carbocycles. The van der Waals surface area contributed by atoms with E-state index in [0.29, 0.717) is 43.7 Å². The van der Waals surface area contributed by atoms with Crippen molar-refractivity contribution < 1.29 is 13.2 Å². The Balaban J connectivity index is 1.36. The Morgan fingerprint density at radius 2 is 1.75 bits per heavy atom. The fourth-order valence-electron chi connectivity index (χ4n) is 4.70. The topological polar surface area (TPSA) is 60.9 Å². The first-order valence-electron chi connectivity index (χ1n) is 10.6. The second-order valence-corrected chi connectivity index (χ2v) is 10.3. The van der Waals surface area contributed by atoms with E-state index in [1.54, 1.807) is 6.07 Å². The van der Waals surface area contributed by atoms with Crippen LogP contribution in [0.4, 0.5) is 0 Å². The zero-order chi connectivity index (χ0) is 19.7. The summed E-state index contributed by atoms with van der Waals surface area (Å²) in [5.74, 6) is 0.128. The molecule has 0 unspecified atom stereocenters. The lowest BCUT2D eigenvalue weighted by atomic mass is 10.0. The van der Waals surface area contributed by atoms with Crippen LogP contribution in [0.5, 0.6) is 0 Å². The molecule has 1 aromatic carbocycles. The van der Waals surface area contributed by atoms with Crippen molar-refractivity contribution in [1.29, 1.82) is 0 Å². The van der Waals surface area contributed by atoms with E-state index in [2.05, 4.69) is 11.8 Å². The van der Waals surface area contributed by atoms with E-state index in [1.807, 2.05) is 17.0 Å². The van der Waals surface area contributed by atoms with Gasteiger partial charge in [0.05, 0.1) is 11.4 Å². The maximum atomic E-state index is 13.0. The first-order valence-corrected chi connectivity index (χ1v) is 12.0. The number of amides is 1. The SMILES string of the molecule is C[C@H]1CCCCN1CC(=O)N1CCN(S(=O)(=O)c2ccc3c(c2)CCC3)CC1. The van der Waals surface area contributed by atoms with Gasteiger partial charge in [-0.1, -0.05) is 12.5 Å². The van der Waals surface area contributed by atoms with Crippen LogP contribution in [0.2, 0.25) is 0 Å². The number of likely N-dealkylation sites (tertiary alicyclic amines) is 1. The summed E-state index contributed by atoms with van der Waals surface area (Å²) < 4.78 is 27.6. The van der Waals surface area contributed by atoms with Crippen LogP contribution in [-0.4, -0.2) is 73.7 Å². The maximum absolute atomic E-state index is 13.0. The number of aryl methyl sites for hydroxylation is 2. The number of hydrogen-bond donors (Lipinski definition) is 0. The third-order valence-corrected chi connectivity index (χ3v) is 8.47. The maximum Gasteiger partial charge on any atom is 0.243 e. The number of nitrogens with zero attached hydrogens (tertiary/aromatic N) is 3. The largest absolute Gasteiger partial charge is 0.339 e. The zero-order valence-corrected chi connectivity index (χ0v) is 17.6. The molecule has 7 heteroatoms. The molecule has 4 rings (SSSR count). The number of benzene rings is 1. The highest BCUT2D eigenvalue weighted by Gasteiger charge is 2.32. The second kappa shape index (κ2) is 8.13. The molecule has 1 atom stereocenters. The Hall–Kier alpha value is -1.44. The molecule has 0 spiro atoms. The molecule has 2 fully saturated rings. The quantitative estimate of drug-likeness (QED) is 0.767. The molecule has 1 aromatic rings. The molecule has 2 saturated heterocycles. The Bertz CT molecular complexity index is 831. The second-order valence-electron chi connectivity index (χ2n) is 8.38. The summed E-state index contributed by atoms with van der Waals surface area (Å²) in [5.41, 5.74) is 2.45. The fraction of sp³-hybridized carbons (Fsp3) is 0.667. The van der Waals surface area contributed by atoms with Crippen molar-refractivity contribution in [1.82, 2.24) is 14.1 Å². The van der Waals surface area contributed by atoms with Gasteiger partial charge in [-0.2, -0.15) is 4.31 Å². The molecule has 28 heavy (non-hydrogen) atoms. The zero-order valence-electron chi connectivity index (χ0n) is 16.8. The minimum absolute atomic E-state index is 0.128. The Morgan fingerprint density at radius 1 is 1.00 bits per heavy atom. The highest BCUT2D eigenvalue weighted by atomic mass is 32.2. The summed E-state index contributed by atoms with van der Waals surface area (Å²) in [7, 11) is -3.48. The van der Waals surface area contributed by atoms with Crippen LogP contribution in [0.25, 0.3) is 0 Å². The molecular weight excluding hydrogens is 374 g/mol. The highest BCUT2D eigenvalue weighted by Crippen LogP contribution is 2.27. The van der Waals surface area contributed by atoms with Crippen LogP contribution < -0.4 is 0 Å². The van der Waals surface area contributed by atoms with Crippen molar-refractivity contribution in [3.63, 3.8) is 0 Å². The van der Waals surface area contributed by atoms with Crippen molar-refractivity contribution in [3.05, 3.63) is 29.3 Å². The van der Waals surface area contributed by atoms with Crippen LogP contribution >= 0.6 is 0 Å². The molecule has 1 aliphatic carbocycles. The van der Waals surface area contributed by atoms with Crippen molar-refractivity contribution in [2.45, 2.75) is 56.4 Å². The minimum atomic E-state index is -3.48. The first kappa shape index (κ1) is 19.9. The molecule has 2 heterocycles. The van der Waals surface area contributed by atoms with Crippen LogP contribution in [-0.2, 0) is 27.7 Å². The van der Waals surface area contributed by atoms with E-state index in [0.717, 1.165) is 38.6 Å². The van der Waals surface area contributed by atoms with E-state index in [-0.39, 0.29) is 5.91 Å². The van der Waals surface area contributed by atoms with Gasteiger partial charge in [-0.3, -0.25) is 9.69 Å². The summed E-state index contributed by atoms with van der Waals surface area (Å²) in [6.45, 7) is 5.34. The number of fused-ring (bicyclic) bond motifs is 1. The third kappa shape index (κ3) is 3.98. The van der Waals surface area contributed by atoms with E-state index >= 15 is 0 Å². The fourth-order valence-corrected chi connectivity index (χ4v) is 6.18. The highest BCUT2D eigenvalue weighted by molar-refractivity contribution is 7.89. The molecule has 2 aliphatic heterocycles. The van der Waals surface area contributed by atoms with Gasteiger partial charge in [-0.25, -0.2) is 8.42 Å². The molecule has 0 N–H and O–H groups in total. The molecule has 0 aromatic heterocycles. The number of carbonyl (C=O) groups excluding carboxylic acids is 1. The van der Waals surface area contributed by atoms with E-state index in [9.17, 15) is 13.2 Å². The van der Waals surface area contributed by atoms with Gasteiger partial charge in [0.1, 0.15) is 0 Å². The third-order valence-electron chi connectivity index (χ3n) is 6.58. The average molecular weight is 406 g/mol. The van der Waals surface area contributed by atoms with Crippen molar-refractivity contribution in [2.24, 2.45) is 0 Å². The van der Waals surface area contributed by atoms with Gasteiger partial charge < -0.3 is 4.90 Å². The van der Waals surface area contributed by atoms with E-state index < -0.39 is 10.0 Å². The van der Waals surface area contributed by atoms with Crippen molar-refractivity contribution in [3.8, 4) is 0 Å². The smallest absolute Gasteiger partial charge is 0.243 e. The molecule has 3 aliphatic rings. The lowest BCUT2D eigenvalue weighted by Gasteiger charge is -2.37. The van der Waals surface area contributed by atoms with Crippen LogP contribution in [0.1, 0.15) is 43.7 Å². The van der Waals surface area contributed by atoms with Gasteiger partial charge in [-0.05, 0) is 68.8 Å². The monoisotopic (exact) mass is 405 g/mol. The lowest BCUT2D eigenvalue weighted by Crippen LogP contribution is -2.53. The molecule has 6 nitrogen and oxygen atoms in total. The summed E-state index contributed by atoms with van der Waals surface area (Å²) in [6, 6.07) is 6.02. The number of rotatable bonds is 4. The van der Waals surface area contributed by atoms with Gasteiger partial charge in [0.15, 0.2) is 0 Å². The number of piperidine rings is 1.